The highest BCUT2D eigenvalue weighted by atomic mass is 16.3. The molecule has 0 bridgehead atoms. The van der Waals surface area contributed by atoms with E-state index in [1.54, 1.807) is 0 Å². The zero-order chi connectivity index (χ0) is 11.5. The van der Waals surface area contributed by atoms with Crippen LogP contribution < -0.4 is 5.32 Å². The second kappa shape index (κ2) is 4.76. The van der Waals surface area contributed by atoms with Crippen molar-refractivity contribution < 1.29 is 4.42 Å². The number of hydrogen-bond donors (Lipinski definition) is 1. The Bertz CT molecular complexity index is 493. The summed E-state index contributed by atoms with van der Waals surface area (Å²) in [7, 11) is 0. The minimum absolute atomic E-state index is 0.605. The maximum absolute atomic E-state index is 5.78. The van der Waals surface area contributed by atoms with Crippen molar-refractivity contribution in [2.75, 3.05) is 0 Å². The van der Waals surface area contributed by atoms with E-state index in [-0.39, 0.29) is 0 Å². The Morgan fingerprint density at radius 2 is 2.18 bits per heavy atom. The molecule has 0 fully saturated rings. The number of rotatable bonds is 3. The molecule has 1 aromatic heterocycles. The van der Waals surface area contributed by atoms with Crippen molar-refractivity contribution in [1.82, 2.24) is 5.32 Å². The van der Waals surface area contributed by atoms with Crippen molar-refractivity contribution in [3.05, 3.63) is 48.2 Å². The molecule has 1 aliphatic carbocycles. The van der Waals surface area contributed by atoms with Gasteiger partial charge in [-0.3, -0.25) is 0 Å². The van der Waals surface area contributed by atoms with Gasteiger partial charge in [0.1, 0.15) is 11.3 Å². The lowest BCUT2D eigenvalue weighted by Crippen LogP contribution is -2.28. The van der Waals surface area contributed by atoms with Crippen molar-refractivity contribution in [1.29, 1.82) is 0 Å². The maximum atomic E-state index is 5.78. The molecule has 1 heterocycles. The van der Waals surface area contributed by atoms with E-state index in [0.29, 0.717) is 6.04 Å². The highest BCUT2D eigenvalue weighted by Crippen LogP contribution is 2.19. The van der Waals surface area contributed by atoms with Crippen LogP contribution in [0.15, 0.2) is 46.9 Å². The van der Waals surface area contributed by atoms with E-state index < -0.39 is 0 Å². The van der Waals surface area contributed by atoms with Crippen LogP contribution in [0.25, 0.3) is 11.0 Å². The lowest BCUT2D eigenvalue weighted by Gasteiger charge is -2.18. The van der Waals surface area contributed by atoms with Gasteiger partial charge in [0.15, 0.2) is 0 Å². The second-order valence-corrected chi connectivity index (χ2v) is 4.61. The minimum Gasteiger partial charge on any atom is -0.460 e. The fourth-order valence-corrected chi connectivity index (χ4v) is 2.35. The molecular formula is C15H17NO. The minimum atomic E-state index is 0.605. The van der Waals surface area contributed by atoms with Crippen molar-refractivity contribution in [3.63, 3.8) is 0 Å². The second-order valence-electron chi connectivity index (χ2n) is 4.61. The Kier molecular flexibility index (Phi) is 2.97. The van der Waals surface area contributed by atoms with Gasteiger partial charge in [0.25, 0.3) is 0 Å². The Labute approximate surface area is 101 Å². The maximum Gasteiger partial charge on any atom is 0.134 e. The summed E-state index contributed by atoms with van der Waals surface area (Å²) in [4.78, 5) is 0. The molecule has 2 nitrogen and oxygen atoms in total. The van der Waals surface area contributed by atoms with Gasteiger partial charge >= 0.3 is 0 Å². The van der Waals surface area contributed by atoms with Crippen molar-refractivity contribution >= 4 is 11.0 Å². The van der Waals surface area contributed by atoms with Crippen LogP contribution in [0.1, 0.15) is 25.0 Å². The molecule has 0 spiro atoms. The summed E-state index contributed by atoms with van der Waals surface area (Å²) in [5, 5.41) is 4.74. The van der Waals surface area contributed by atoms with Crippen LogP contribution in [0.4, 0.5) is 0 Å². The first-order chi connectivity index (χ1) is 8.42. The molecule has 0 aliphatic heterocycles. The Morgan fingerprint density at radius 1 is 1.24 bits per heavy atom. The van der Waals surface area contributed by atoms with Crippen LogP contribution in [0.5, 0.6) is 0 Å². The zero-order valence-electron chi connectivity index (χ0n) is 9.86. The lowest BCUT2D eigenvalue weighted by molar-refractivity contribution is 0.436. The first-order valence-electron chi connectivity index (χ1n) is 6.28. The molecule has 2 heteroatoms. The standard InChI is InChI=1S/C15H17NO/c1-2-7-13(8-3-1)16-11-14-10-12-6-4-5-9-15(12)17-14/h1-2,4-6,9-10,13,16H,3,7-8,11H2. The van der Waals surface area contributed by atoms with E-state index in [1.165, 1.54) is 18.2 Å². The van der Waals surface area contributed by atoms with Gasteiger partial charge < -0.3 is 9.73 Å². The summed E-state index contributed by atoms with van der Waals surface area (Å²) >= 11 is 0. The normalized spacial score (nSPS) is 19.9. The van der Waals surface area contributed by atoms with Crippen LogP contribution >= 0.6 is 0 Å². The van der Waals surface area contributed by atoms with Crippen LogP contribution in [0.3, 0.4) is 0 Å². The molecule has 0 saturated heterocycles. The number of benzene rings is 1. The highest BCUT2D eigenvalue weighted by Gasteiger charge is 2.10. The molecule has 1 unspecified atom stereocenters. The summed E-state index contributed by atoms with van der Waals surface area (Å²) in [5.74, 6) is 1.03. The lowest BCUT2D eigenvalue weighted by atomic mass is 10.0. The molecule has 17 heavy (non-hydrogen) atoms. The molecule has 0 amide bonds. The van der Waals surface area contributed by atoms with Crippen molar-refractivity contribution in [3.8, 4) is 0 Å². The molecular weight excluding hydrogens is 210 g/mol. The third-order valence-corrected chi connectivity index (χ3v) is 3.31. The first kappa shape index (κ1) is 10.6. The monoisotopic (exact) mass is 227 g/mol. The zero-order valence-corrected chi connectivity index (χ0v) is 9.86. The van der Waals surface area contributed by atoms with Crippen molar-refractivity contribution in [2.24, 2.45) is 0 Å². The van der Waals surface area contributed by atoms with Crippen molar-refractivity contribution in [2.45, 2.75) is 31.8 Å². The number of allylic oxidation sites excluding steroid dienone is 1. The average molecular weight is 227 g/mol. The molecule has 0 radical (unpaired) electrons. The SMILES string of the molecule is C1=CCC(NCc2cc3ccccc3o2)CC1. The summed E-state index contributed by atoms with van der Waals surface area (Å²) in [6.45, 7) is 0.827. The topological polar surface area (TPSA) is 25.2 Å². The smallest absolute Gasteiger partial charge is 0.134 e. The Balaban J connectivity index is 1.66. The molecule has 1 N–H and O–H groups in total. The van der Waals surface area contributed by atoms with E-state index in [2.05, 4.69) is 29.6 Å². The molecule has 1 aromatic carbocycles. The van der Waals surface area contributed by atoms with Gasteiger partial charge in [0, 0.05) is 11.4 Å². The quantitative estimate of drug-likeness (QED) is 0.810. The fourth-order valence-electron chi connectivity index (χ4n) is 2.35. The van der Waals surface area contributed by atoms with Gasteiger partial charge in [-0.1, -0.05) is 30.4 Å². The molecule has 0 saturated carbocycles. The molecule has 1 atom stereocenters. The van der Waals surface area contributed by atoms with Gasteiger partial charge in [-0.2, -0.15) is 0 Å². The first-order valence-corrected chi connectivity index (χ1v) is 6.28. The summed E-state index contributed by atoms with van der Waals surface area (Å²) in [6, 6.07) is 10.9. The Morgan fingerprint density at radius 3 is 3.00 bits per heavy atom. The fraction of sp³-hybridized carbons (Fsp3) is 0.333. The van der Waals surface area contributed by atoms with Gasteiger partial charge in [-0.25, -0.2) is 0 Å². The van der Waals surface area contributed by atoms with Crippen LogP contribution in [0.2, 0.25) is 0 Å². The van der Waals surface area contributed by atoms with Gasteiger partial charge in [-0.05, 0) is 31.4 Å². The van der Waals surface area contributed by atoms with Gasteiger partial charge in [0.05, 0.1) is 6.54 Å². The van der Waals surface area contributed by atoms with Crippen LogP contribution in [0, 0.1) is 0 Å². The van der Waals surface area contributed by atoms with E-state index in [9.17, 15) is 0 Å². The number of hydrogen-bond acceptors (Lipinski definition) is 2. The molecule has 88 valence electrons. The average Bonchev–Trinajstić information content (AvgIpc) is 2.80. The Hall–Kier alpha value is -1.54. The van der Waals surface area contributed by atoms with E-state index in [1.807, 2.05) is 18.2 Å². The highest BCUT2D eigenvalue weighted by molar-refractivity contribution is 5.77. The summed E-state index contributed by atoms with van der Waals surface area (Å²) in [5.41, 5.74) is 0.979. The molecule has 1 aliphatic rings. The number of furan rings is 1. The predicted octanol–water partition coefficient (Wildman–Crippen LogP) is 3.63. The van der Waals surface area contributed by atoms with Gasteiger partial charge in [0.2, 0.25) is 0 Å². The summed E-state index contributed by atoms with van der Waals surface area (Å²) < 4.78 is 5.78. The van der Waals surface area contributed by atoms with E-state index in [4.69, 9.17) is 4.42 Å². The number of para-hydroxylation sites is 1. The van der Waals surface area contributed by atoms with Crippen LogP contribution in [-0.4, -0.2) is 6.04 Å². The number of fused-ring (bicyclic) bond motifs is 1. The van der Waals surface area contributed by atoms with E-state index >= 15 is 0 Å². The predicted molar refractivity (Wildman–Crippen MR) is 69.8 cm³/mol. The van der Waals surface area contributed by atoms with Gasteiger partial charge in [-0.15, -0.1) is 0 Å². The third-order valence-electron chi connectivity index (χ3n) is 3.31. The molecule has 2 aromatic rings. The van der Waals surface area contributed by atoms with Crippen LogP contribution in [-0.2, 0) is 6.54 Å². The largest absolute Gasteiger partial charge is 0.460 e. The number of nitrogens with one attached hydrogen (secondary N) is 1. The molecule has 3 rings (SSSR count). The van der Waals surface area contributed by atoms with E-state index in [0.717, 1.165) is 24.3 Å². The third kappa shape index (κ3) is 2.42. The summed E-state index contributed by atoms with van der Waals surface area (Å²) in [6.07, 6.45) is 8.09.